The number of benzene rings is 1. The van der Waals surface area contributed by atoms with E-state index in [2.05, 4.69) is 45.3 Å². The van der Waals surface area contributed by atoms with Crippen molar-refractivity contribution in [2.24, 2.45) is 0 Å². The Bertz CT molecular complexity index is 374. The number of rotatable bonds is 9. The molecule has 0 radical (unpaired) electrons. The van der Waals surface area contributed by atoms with Crippen molar-refractivity contribution in [3.8, 4) is 5.75 Å². The van der Waals surface area contributed by atoms with Crippen molar-refractivity contribution in [2.45, 2.75) is 6.54 Å². The summed E-state index contributed by atoms with van der Waals surface area (Å²) in [6.45, 7) is 4.58. The average molecular weight is 331 g/mol. The number of methoxy groups -OCH3 is 2. The predicted octanol–water partition coefficient (Wildman–Crippen LogP) is 2.13. The smallest absolute Gasteiger partial charge is 0.133 e. The highest BCUT2D eigenvalue weighted by Crippen LogP contribution is 2.25. The van der Waals surface area contributed by atoms with Crippen molar-refractivity contribution in [2.75, 3.05) is 47.5 Å². The topological polar surface area (TPSA) is 33.7 Å². The fourth-order valence-corrected chi connectivity index (χ4v) is 2.27. The monoisotopic (exact) mass is 330 g/mol. The third-order valence-electron chi connectivity index (χ3n) is 2.89. The summed E-state index contributed by atoms with van der Waals surface area (Å²) in [4.78, 5) is 2.25. The van der Waals surface area contributed by atoms with Gasteiger partial charge in [0.1, 0.15) is 5.75 Å². The highest BCUT2D eigenvalue weighted by molar-refractivity contribution is 9.10. The molecule has 108 valence electrons. The molecule has 0 unspecified atom stereocenters. The zero-order chi connectivity index (χ0) is 14.1. The van der Waals surface area contributed by atoms with Crippen LogP contribution in [0.15, 0.2) is 22.7 Å². The molecule has 0 saturated carbocycles. The van der Waals surface area contributed by atoms with Gasteiger partial charge in [0.15, 0.2) is 0 Å². The van der Waals surface area contributed by atoms with Crippen LogP contribution >= 0.6 is 15.9 Å². The lowest BCUT2D eigenvalue weighted by Crippen LogP contribution is -2.31. The van der Waals surface area contributed by atoms with Crippen LogP contribution in [-0.4, -0.2) is 52.4 Å². The Kier molecular flexibility index (Phi) is 8.05. The second-order valence-corrected chi connectivity index (χ2v) is 5.30. The minimum Gasteiger partial charge on any atom is -0.496 e. The van der Waals surface area contributed by atoms with Gasteiger partial charge in [-0.2, -0.15) is 0 Å². The van der Waals surface area contributed by atoms with Crippen LogP contribution in [0.3, 0.4) is 0 Å². The molecule has 0 spiro atoms. The van der Waals surface area contributed by atoms with Gasteiger partial charge >= 0.3 is 0 Å². The van der Waals surface area contributed by atoms with Gasteiger partial charge in [-0.25, -0.2) is 0 Å². The summed E-state index contributed by atoms with van der Waals surface area (Å²) in [6.07, 6.45) is 0. The second kappa shape index (κ2) is 9.31. The van der Waals surface area contributed by atoms with Crippen molar-refractivity contribution < 1.29 is 9.47 Å². The lowest BCUT2D eigenvalue weighted by molar-refractivity contribution is 0.161. The number of nitrogens with one attached hydrogen (secondary N) is 1. The van der Waals surface area contributed by atoms with Crippen LogP contribution in [0.4, 0.5) is 0 Å². The molecule has 0 heterocycles. The summed E-state index contributed by atoms with van der Waals surface area (Å²) in [5, 5.41) is 3.43. The number of likely N-dealkylation sites (N-methyl/N-ethyl adjacent to an activating group) is 1. The molecular weight excluding hydrogens is 308 g/mol. The first kappa shape index (κ1) is 16.4. The van der Waals surface area contributed by atoms with E-state index in [-0.39, 0.29) is 0 Å². The number of halogens is 1. The Hall–Kier alpha value is -0.620. The first-order chi connectivity index (χ1) is 9.17. The molecule has 0 aromatic heterocycles. The summed E-state index contributed by atoms with van der Waals surface area (Å²) in [7, 11) is 5.51. The zero-order valence-electron chi connectivity index (χ0n) is 11.9. The van der Waals surface area contributed by atoms with Crippen LogP contribution in [0.2, 0.25) is 0 Å². The molecule has 1 N–H and O–H groups in total. The van der Waals surface area contributed by atoms with Gasteiger partial charge in [0.25, 0.3) is 0 Å². The van der Waals surface area contributed by atoms with E-state index in [4.69, 9.17) is 9.47 Å². The minimum absolute atomic E-state index is 0.780. The van der Waals surface area contributed by atoms with Crippen LogP contribution in [0.25, 0.3) is 0 Å². The highest BCUT2D eigenvalue weighted by Gasteiger charge is 2.01. The fourth-order valence-electron chi connectivity index (χ4n) is 1.68. The van der Waals surface area contributed by atoms with Gasteiger partial charge in [-0.3, -0.25) is 0 Å². The first-order valence-electron chi connectivity index (χ1n) is 6.38. The average Bonchev–Trinajstić information content (AvgIpc) is 2.41. The van der Waals surface area contributed by atoms with Crippen molar-refractivity contribution in [1.29, 1.82) is 0 Å². The van der Waals surface area contributed by atoms with Crippen LogP contribution in [0.1, 0.15) is 5.56 Å². The van der Waals surface area contributed by atoms with Crippen molar-refractivity contribution in [3.63, 3.8) is 0 Å². The van der Waals surface area contributed by atoms with Gasteiger partial charge in [-0.15, -0.1) is 0 Å². The van der Waals surface area contributed by atoms with E-state index in [1.165, 1.54) is 5.56 Å². The summed E-state index contributed by atoms with van der Waals surface area (Å²) >= 11 is 3.49. The molecule has 0 amide bonds. The van der Waals surface area contributed by atoms with E-state index in [1.54, 1.807) is 14.2 Å². The van der Waals surface area contributed by atoms with Crippen LogP contribution < -0.4 is 10.1 Å². The van der Waals surface area contributed by atoms with Gasteiger partial charge in [-0.05, 0) is 40.7 Å². The maximum Gasteiger partial charge on any atom is 0.133 e. The molecule has 0 fully saturated rings. The first-order valence-corrected chi connectivity index (χ1v) is 7.17. The van der Waals surface area contributed by atoms with Crippen LogP contribution in [0, 0.1) is 0 Å². The molecule has 1 aromatic rings. The summed E-state index contributed by atoms with van der Waals surface area (Å²) < 4.78 is 11.2. The lowest BCUT2D eigenvalue weighted by atomic mass is 10.2. The third-order valence-corrected chi connectivity index (χ3v) is 3.51. The Morgan fingerprint density at radius 2 is 2.05 bits per heavy atom. The standard InChI is InChI=1S/C14H23BrN2O2/c1-17(8-9-18-2)7-6-16-11-12-4-5-14(19-3)13(15)10-12/h4-5,10,16H,6-9,11H2,1-3H3. The lowest BCUT2D eigenvalue weighted by Gasteiger charge is -2.16. The predicted molar refractivity (Wildman–Crippen MR) is 81.8 cm³/mol. The molecule has 0 atom stereocenters. The quantitative estimate of drug-likeness (QED) is 0.703. The van der Waals surface area contributed by atoms with Gasteiger partial charge in [0.2, 0.25) is 0 Å². The molecule has 0 saturated heterocycles. The molecule has 0 aliphatic carbocycles. The summed E-state index contributed by atoms with van der Waals surface area (Å²) in [5.41, 5.74) is 1.24. The highest BCUT2D eigenvalue weighted by atomic mass is 79.9. The number of hydrogen-bond acceptors (Lipinski definition) is 4. The fraction of sp³-hybridized carbons (Fsp3) is 0.571. The van der Waals surface area contributed by atoms with Crippen molar-refractivity contribution in [3.05, 3.63) is 28.2 Å². The Labute approximate surface area is 124 Å². The molecule has 0 aliphatic rings. The van der Waals surface area contributed by atoms with Gasteiger partial charge in [0.05, 0.1) is 18.2 Å². The van der Waals surface area contributed by atoms with E-state index < -0.39 is 0 Å². The number of nitrogens with zero attached hydrogens (tertiary/aromatic N) is 1. The van der Waals surface area contributed by atoms with E-state index in [9.17, 15) is 0 Å². The number of ether oxygens (including phenoxy) is 2. The van der Waals surface area contributed by atoms with Crippen LogP contribution in [-0.2, 0) is 11.3 Å². The Balaban J connectivity index is 2.24. The van der Waals surface area contributed by atoms with Crippen molar-refractivity contribution >= 4 is 15.9 Å². The third kappa shape index (κ3) is 6.38. The maximum absolute atomic E-state index is 5.21. The summed E-state index contributed by atoms with van der Waals surface area (Å²) in [5.74, 6) is 0.864. The zero-order valence-corrected chi connectivity index (χ0v) is 13.5. The molecule has 0 aliphatic heterocycles. The molecule has 1 rings (SSSR count). The maximum atomic E-state index is 5.21. The molecule has 0 bridgehead atoms. The molecule has 4 nitrogen and oxygen atoms in total. The summed E-state index contributed by atoms with van der Waals surface area (Å²) in [6, 6.07) is 6.14. The second-order valence-electron chi connectivity index (χ2n) is 4.44. The Morgan fingerprint density at radius 3 is 2.68 bits per heavy atom. The van der Waals surface area contributed by atoms with Gasteiger partial charge in [0, 0.05) is 33.3 Å². The molecular formula is C14H23BrN2O2. The van der Waals surface area contributed by atoms with Crippen molar-refractivity contribution in [1.82, 2.24) is 10.2 Å². The van der Waals surface area contributed by atoms with Gasteiger partial charge in [-0.1, -0.05) is 6.07 Å². The van der Waals surface area contributed by atoms with Crippen LogP contribution in [0.5, 0.6) is 5.75 Å². The normalized spacial score (nSPS) is 11.0. The molecule has 19 heavy (non-hydrogen) atoms. The Morgan fingerprint density at radius 1 is 1.26 bits per heavy atom. The molecule has 5 heteroatoms. The van der Waals surface area contributed by atoms with E-state index >= 15 is 0 Å². The minimum atomic E-state index is 0.780. The largest absolute Gasteiger partial charge is 0.496 e. The van der Waals surface area contributed by atoms with E-state index in [0.29, 0.717) is 0 Å². The van der Waals surface area contributed by atoms with Gasteiger partial charge < -0.3 is 19.7 Å². The molecule has 1 aromatic carbocycles. The van der Waals surface area contributed by atoms with E-state index in [0.717, 1.165) is 43.0 Å². The van der Waals surface area contributed by atoms with E-state index in [1.807, 2.05) is 6.07 Å². The number of hydrogen-bond donors (Lipinski definition) is 1. The SMILES string of the molecule is COCCN(C)CCNCc1ccc(OC)c(Br)c1.